The predicted octanol–water partition coefficient (Wildman–Crippen LogP) is 4.31. The number of rotatable bonds is 9. The average Bonchev–Trinajstić information content (AvgIpc) is 2.72. The number of carbonyl (C=O) groups is 2. The second-order valence-corrected chi connectivity index (χ2v) is 6.53. The van der Waals surface area contributed by atoms with E-state index in [-0.39, 0.29) is 28.7 Å². The van der Waals surface area contributed by atoms with Gasteiger partial charge in [-0.15, -0.1) is 0 Å². The van der Waals surface area contributed by atoms with E-state index in [2.05, 4.69) is 5.32 Å². The van der Waals surface area contributed by atoms with Crippen molar-refractivity contribution in [3.63, 3.8) is 0 Å². The summed E-state index contributed by atoms with van der Waals surface area (Å²) in [5, 5.41) is 21.0. The molecule has 0 heterocycles. The van der Waals surface area contributed by atoms with E-state index in [4.69, 9.17) is 26.2 Å². The van der Waals surface area contributed by atoms with Gasteiger partial charge in [0.2, 0.25) is 0 Å². The Morgan fingerprint density at radius 3 is 2.47 bits per heavy atom. The number of ether oxygens (including phenoxy) is 2. The molecule has 1 amide bonds. The fraction of sp³-hybridized carbons (Fsp3) is 0.227. The summed E-state index contributed by atoms with van der Waals surface area (Å²) in [5.74, 6) is -1.43. The van der Waals surface area contributed by atoms with E-state index in [1.165, 1.54) is 18.2 Å². The van der Waals surface area contributed by atoms with Gasteiger partial charge in [0, 0.05) is 5.69 Å². The van der Waals surface area contributed by atoms with Crippen molar-refractivity contribution in [2.24, 2.45) is 0 Å². The molecule has 2 N–H and O–H groups in total. The molecule has 0 aliphatic heterocycles. The van der Waals surface area contributed by atoms with Crippen molar-refractivity contribution in [2.45, 2.75) is 20.3 Å². The normalized spacial score (nSPS) is 10.8. The van der Waals surface area contributed by atoms with E-state index < -0.39 is 18.5 Å². The number of hydrogen-bond acceptors (Lipinski definition) is 5. The van der Waals surface area contributed by atoms with Crippen LogP contribution in [-0.2, 0) is 16.0 Å². The minimum atomic E-state index is -1.16. The Labute approximate surface area is 179 Å². The van der Waals surface area contributed by atoms with Gasteiger partial charge in [-0.2, -0.15) is 5.26 Å². The van der Waals surface area contributed by atoms with Crippen LogP contribution in [0.25, 0.3) is 6.08 Å². The molecule has 0 aliphatic rings. The molecule has 2 aromatic carbocycles. The molecule has 0 spiro atoms. The first-order chi connectivity index (χ1) is 14.4. The Morgan fingerprint density at radius 2 is 1.90 bits per heavy atom. The molecule has 0 aliphatic carbocycles. The zero-order valence-corrected chi connectivity index (χ0v) is 17.3. The van der Waals surface area contributed by atoms with Gasteiger partial charge < -0.3 is 19.9 Å². The number of benzene rings is 2. The zero-order chi connectivity index (χ0) is 22.1. The van der Waals surface area contributed by atoms with Gasteiger partial charge in [0.1, 0.15) is 11.6 Å². The Kier molecular flexibility index (Phi) is 8.27. The molecule has 0 unspecified atom stereocenters. The zero-order valence-electron chi connectivity index (χ0n) is 16.6. The lowest BCUT2D eigenvalue weighted by molar-refractivity contribution is -0.139. The summed E-state index contributed by atoms with van der Waals surface area (Å²) in [6.45, 7) is 3.48. The molecule has 0 aromatic heterocycles. The van der Waals surface area contributed by atoms with Gasteiger partial charge in [-0.25, -0.2) is 4.79 Å². The number of halogens is 1. The van der Waals surface area contributed by atoms with Crippen LogP contribution >= 0.6 is 11.6 Å². The number of nitrogens with zero attached hydrogens (tertiary/aromatic N) is 1. The highest BCUT2D eigenvalue weighted by Crippen LogP contribution is 2.37. The topological polar surface area (TPSA) is 109 Å². The molecular formula is C22H21ClN2O5. The third-order valence-electron chi connectivity index (χ3n) is 3.97. The number of nitriles is 1. The standard InChI is InChI=1S/C22H21ClN2O5/c1-3-14-5-7-17(8-6-14)25-22(28)16(12-24)9-15-10-18(23)21(30-13-20(26)27)19(11-15)29-4-2/h5-11H,3-4,13H2,1-2H3,(H,25,28)(H,26,27)/b16-9+. The van der Waals surface area contributed by atoms with Crippen LogP contribution in [0, 0.1) is 11.3 Å². The smallest absolute Gasteiger partial charge is 0.341 e. The molecule has 0 fully saturated rings. The Balaban J connectivity index is 2.29. The van der Waals surface area contributed by atoms with Gasteiger partial charge in [-0.05, 0) is 54.8 Å². The fourth-order valence-corrected chi connectivity index (χ4v) is 2.82. The number of anilines is 1. The van der Waals surface area contributed by atoms with Crippen molar-refractivity contribution in [3.8, 4) is 17.6 Å². The first kappa shape index (κ1) is 22.8. The van der Waals surface area contributed by atoms with Crippen molar-refractivity contribution in [1.82, 2.24) is 0 Å². The summed E-state index contributed by atoms with van der Waals surface area (Å²) < 4.78 is 10.7. The van der Waals surface area contributed by atoms with Crippen LogP contribution < -0.4 is 14.8 Å². The van der Waals surface area contributed by atoms with Crippen molar-refractivity contribution in [2.75, 3.05) is 18.5 Å². The second-order valence-electron chi connectivity index (χ2n) is 6.12. The van der Waals surface area contributed by atoms with Crippen molar-refractivity contribution >= 4 is 35.2 Å². The molecule has 0 radical (unpaired) electrons. The molecule has 7 nitrogen and oxygen atoms in total. The lowest BCUT2D eigenvalue weighted by Crippen LogP contribution is -2.13. The lowest BCUT2D eigenvalue weighted by Gasteiger charge is -2.13. The van der Waals surface area contributed by atoms with E-state index >= 15 is 0 Å². The fourth-order valence-electron chi connectivity index (χ4n) is 2.55. The van der Waals surface area contributed by atoms with Crippen LogP contribution in [0.4, 0.5) is 5.69 Å². The molecule has 0 atom stereocenters. The highest BCUT2D eigenvalue weighted by atomic mass is 35.5. The average molecular weight is 429 g/mol. The molecule has 0 saturated heterocycles. The van der Waals surface area contributed by atoms with E-state index in [1.54, 1.807) is 19.1 Å². The van der Waals surface area contributed by atoms with Crippen molar-refractivity contribution in [1.29, 1.82) is 5.26 Å². The maximum absolute atomic E-state index is 12.5. The summed E-state index contributed by atoms with van der Waals surface area (Å²) in [6, 6.07) is 12.2. The Bertz CT molecular complexity index is 994. The molecule has 30 heavy (non-hydrogen) atoms. The number of amides is 1. The van der Waals surface area contributed by atoms with Crippen LogP contribution in [0.15, 0.2) is 42.0 Å². The van der Waals surface area contributed by atoms with Crippen molar-refractivity contribution < 1.29 is 24.2 Å². The molecule has 156 valence electrons. The molecule has 2 rings (SSSR count). The van der Waals surface area contributed by atoms with Crippen LogP contribution in [0.1, 0.15) is 25.0 Å². The molecule has 0 saturated carbocycles. The summed E-state index contributed by atoms with van der Waals surface area (Å²) in [5.41, 5.74) is 2.00. The van der Waals surface area contributed by atoms with Crippen LogP contribution in [0.5, 0.6) is 11.5 Å². The van der Waals surface area contributed by atoms with Crippen LogP contribution in [0.3, 0.4) is 0 Å². The third-order valence-corrected chi connectivity index (χ3v) is 4.25. The highest BCUT2D eigenvalue weighted by molar-refractivity contribution is 6.32. The van der Waals surface area contributed by atoms with Crippen LogP contribution in [0.2, 0.25) is 5.02 Å². The minimum Gasteiger partial charge on any atom is -0.490 e. The number of nitrogens with one attached hydrogen (secondary N) is 1. The van der Waals surface area contributed by atoms with Gasteiger partial charge in [0.15, 0.2) is 18.1 Å². The first-order valence-corrected chi connectivity index (χ1v) is 9.58. The summed E-state index contributed by atoms with van der Waals surface area (Å²) in [4.78, 5) is 23.3. The van der Waals surface area contributed by atoms with Gasteiger partial charge >= 0.3 is 5.97 Å². The Morgan fingerprint density at radius 1 is 1.20 bits per heavy atom. The van der Waals surface area contributed by atoms with Gasteiger partial charge in [-0.3, -0.25) is 4.79 Å². The van der Waals surface area contributed by atoms with E-state index in [9.17, 15) is 14.9 Å². The number of carboxylic acid groups (broad SMARTS) is 1. The predicted molar refractivity (Wildman–Crippen MR) is 114 cm³/mol. The van der Waals surface area contributed by atoms with Gasteiger partial charge in [-0.1, -0.05) is 30.7 Å². The molecule has 8 heteroatoms. The first-order valence-electron chi connectivity index (χ1n) is 9.20. The molecule has 0 bridgehead atoms. The third kappa shape index (κ3) is 6.26. The lowest BCUT2D eigenvalue weighted by atomic mass is 10.1. The van der Waals surface area contributed by atoms with Gasteiger partial charge in [0.25, 0.3) is 5.91 Å². The Hall–Kier alpha value is -3.50. The number of aryl methyl sites for hydroxylation is 1. The summed E-state index contributed by atoms with van der Waals surface area (Å²) in [7, 11) is 0. The number of aliphatic carboxylic acids is 1. The maximum atomic E-state index is 12.5. The van der Waals surface area contributed by atoms with E-state index in [1.807, 2.05) is 25.1 Å². The number of hydrogen-bond donors (Lipinski definition) is 2. The molecular weight excluding hydrogens is 408 g/mol. The van der Waals surface area contributed by atoms with E-state index in [0.717, 1.165) is 12.0 Å². The van der Waals surface area contributed by atoms with Gasteiger partial charge in [0.05, 0.1) is 11.6 Å². The second kappa shape index (κ2) is 10.9. The number of carboxylic acids is 1. The summed E-state index contributed by atoms with van der Waals surface area (Å²) >= 11 is 6.21. The minimum absolute atomic E-state index is 0.0806. The van der Waals surface area contributed by atoms with Crippen LogP contribution in [-0.4, -0.2) is 30.2 Å². The molecule has 2 aromatic rings. The van der Waals surface area contributed by atoms with E-state index in [0.29, 0.717) is 11.3 Å². The largest absolute Gasteiger partial charge is 0.490 e. The summed E-state index contributed by atoms with van der Waals surface area (Å²) in [6.07, 6.45) is 2.25. The number of carbonyl (C=O) groups excluding carboxylic acids is 1. The highest BCUT2D eigenvalue weighted by Gasteiger charge is 2.15. The maximum Gasteiger partial charge on any atom is 0.341 e. The monoisotopic (exact) mass is 428 g/mol. The van der Waals surface area contributed by atoms with Crippen molar-refractivity contribution in [3.05, 3.63) is 58.1 Å². The quantitative estimate of drug-likeness (QED) is 0.455. The SMILES string of the molecule is CCOc1cc(/C=C(\C#N)C(=O)Nc2ccc(CC)cc2)cc(Cl)c1OCC(=O)O.